The maximum atomic E-state index is 12.7. The number of amides is 1. The highest BCUT2D eigenvalue weighted by molar-refractivity contribution is 7.13. The fourth-order valence-electron chi connectivity index (χ4n) is 3.18. The average Bonchev–Trinajstić information content (AvgIpc) is 3.41. The second-order valence-electron chi connectivity index (χ2n) is 6.32. The molecule has 0 aliphatic carbocycles. The molecule has 138 valence electrons. The number of rotatable bonds is 5. The largest absolute Gasteiger partial charge is 0.331 e. The molecule has 7 nitrogen and oxygen atoms in total. The van der Waals surface area contributed by atoms with Crippen LogP contribution in [0, 0.1) is 0 Å². The van der Waals surface area contributed by atoms with Crippen molar-refractivity contribution in [2.24, 2.45) is 7.05 Å². The highest BCUT2D eigenvalue weighted by Gasteiger charge is 2.30. The number of aromatic nitrogens is 4. The normalized spacial score (nSPS) is 16.9. The van der Waals surface area contributed by atoms with Crippen LogP contribution in [-0.4, -0.2) is 37.1 Å². The van der Waals surface area contributed by atoms with Gasteiger partial charge in [0, 0.05) is 37.4 Å². The van der Waals surface area contributed by atoms with E-state index in [9.17, 15) is 4.79 Å². The molecule has 4 heterocycles. The Morgan fingerprint density at radius 1 is 1.33 bits per heavy atom. The summed E-state index contributed by atoms with van der Waals surface area (Å²) in [7, 11) is 1.86. The number of hydrogen-bond donors (Lipinski definition) is 1. The molecule has 0 bridgehead atoms. The number of likely N-dealkylation sites (tertiary alicyclic amines) is 1. The zero-order chi connectivity index (χ0) is 18.6. The first-order valence-electron chi connectivity index (χ1n) is 8.81. The van der Waals surface area contributed by atoms with Crippen LogP contribution >= 0.6 is 11.3 Å². The van der Waals surface area contributed by atoms with Gasteiger partial charge in [-0.15, -0.1) is 11.3 Å². The number of nitrogens with one attached hydrogen (secondary N) is 1. The van der Waals surface area contributed by atoms with Gasteiger partial charge in [-0.25, -0.2) is 9.97 Å². The molecule has 3 aromatic heterocycles. The lowest BCUT2D eigenvalue weighted by molar-refractivity contribution is -0.126. The number of aryl methyl sites for hydroxylation is 1. The van der Waals surface area contributed by atoms with E-state index in [-0.39, 0.29) is 11.9 Å². The topological polar surface area (TPSA) is 75.9 Å². The molecule has 4 rings (SSSR count). The Morgan fingerprint density at radius 2 is 2.26 bits per heavy atom. The van der Waals surface area contributed by atoms with Gasteiger partial charge in [0.15, 0.2) is 5.13 Å². The van der Waals surface area contributed by atoms with Gasteiger partial charge in [0.05, 0.1) is 17.4 Å². The predicted molar refractivity (Wildman–Crippen MR) is 106 cm³/mol. The Morgan fingerprint density at radius 3 is 3.04 bits per heavy atom. The molecular weight excluding hydrogens is 360 g/mol. The van der Waals surface area contributed by atoms with Crippen molar-refractivity contribution >= 4 is 34.3 Å². The molecule has 1 saturated heterocycles. The predicted octanol–water partition coefficient (Wildman–Crippen LogP) is 3.39. The van der Waals surface area contributed by atoms with Gasteiger partial charge in [-0.3, -0.25) is 9.48 Å². The molecule has 0 spiro atoms. The van der Waals surface area contributed by atoms with E-state index >= 15 is 0 Å². The van der Waals surface area contributed by atoms with Gasteiger partial charge in [0.25, 0.3) is 0 Å². The van der Waals surface area contributed by atoms with Crippen LogP contribution in [0.2, 0.25) is 0 Å². The van der Waals surface area contributed by atoms with E-state index < -0.39 is 0 Å². The fraction of sp³-hybridized carbons (Fsp3) is 0.263. The zero-order valence-electron chi connectivity index (χ0n) is 14.9. The van der Waals surface area contributed by atoms with Crippen LogP contribution in [0.1, 0.15) is 30.3 Å². The molecule has 0 aromatic carbocycles. The van der Waals surface area contributed by atoms with Crippen LogP contribution in [0.15, 0.2) is 48.1 Å². The number of hydrogen-bond acceptors (Lipinski definition) is 6. The Kier molecular flexibility index (Phi) is 4.97. The van der Waals surface area contributed by atoms with Gasteiger partial charge in [-0.1, -0.05) is 6.07 Å². The van der Waals surface area contributed by atoms with Crippen LogP contribution in [0.3, 0.4) is 0 Å². The van der Waals surface area contributed by atoms with Crippen molar-refractivity contribution in [1.82, 2.24) is 24.6 Å². The third-order valence-electron chi connectivity index (χ3n) is 4.55. The quantitative estimate of drug-likeness (QED) is 0.687. The van der Waals surface area contributed by atoms with Crippen molar-refractivity contribution in [1.29, 1.82) is 0 Å². The van der Waals surface area contributed by atoms with E-state index in [1.165, 1.54) is 11.3 Å². The van der Waals surface area contributed by atoms with E-state index in [0.29, 0.717) is 0 Å². The summed E-state index contributed by atoms with van der Waals surface area (Å²) in [5.41, 5.74) is 1.83. The Labute approximate surface area is 161 Å². The van der Waals surface area contributed by atoms with Crippen LogP contribution < -0.4 is 5.32 Å². The van der Waals surface area contributed by atoms with Gasteiger partial charge in [0.1, 0.15) is 5.82 Å². The molecule has 8 heteroatoms. The Bertz CT molecular complexity index is 948. The van der Waals surface area contributed by atoms with Gasteiger partial charge in [-0.05, 0) is 37.1 Å². The SMILES string of the molecule is Cn1nccc1/C=C/C(=O)N1CCCC1c1csc(Nc2ccccn2)n1. The summed E-state index contributed by atoms with van der Waals surface area (Å²) in [5.74, 6) is 0.766. The second kappa shape index (κ2) is 7.71. The van der Waals surface area contributed by atoms with E-state index in [1.807, 2.05) is 41.6 Å². The lowest BCUT2D eigenvalue weighted by atomic mass is 10.1. The van der Waals surface area contributed by atoms with Crippen LogP contribution in [0.5, 0.6) is 0 Å². The van der Waals surface area contributed by atoms with E-state index in [4.69, 9.17) is 0 Å². The minimum absolute atomic E-state index is 0.00550. The maximum absolute atomic E-state index is 12.7. The molecule has 0 saturated carbocycles. The molecule has 1 fully saturated rings. The molecule has 1 amide bonds. The van der Waals surface area contributed by atoms with Crippen molar-refractivity contribution in [2.75, 3.05) is 11.9 Å². The van der Waals surface area contributed by atoms with Gasteiger partial charge in [-0.2, -0.15) is 5.10 Å². The number of thiazole rings is 1. The van der Waals surface area contributed by atoms with Gasteiger partial charge >= 0.3 is 0 Å². The molecule has 1 atom stereocenters. The third kappa shape index (κ3) is 3.90. The minimum Gasteiger partial charge on any atom is -0.331 e. The van der Waals surface area contributed by atoms with Crippen molar-refractivity contribution in [3.05, 3.63) is 59.5 Å². The van der Waals surface area contributed by atoms with E-state index in [0.717, 1.165) is 41.7 Å². The number of carbonyl (C=O) groups excluding carboxylic acids is 1. The zero-order valence-corrected chi connectivity index (χ0v) is 15.8. The first kappa shape index (κ1) is 17.4. The van der Waals surface area contributed by atoms with Crippen LogP contribution in [-0.2, 0) is 11.8 Å². The molecule has 3 aromatic rings. The highest BCUT2D eigenvalue weighted by atomic mass is 32.1. The lowest BCUT2D eigenvalue weighted by Gasteiger charge is -2.21. The summed E-state index contributed by atoms with van der Waals surface area (Å²) >= 11 is 1.53. The number of anilines is 2. The molecule has 1 aliphatic rings. The van der Waals surface area contributed by atoms with Gasteiger partial charge < -0.3 is 10.2 Å². The Balaban J connectivity index is 1.46. The summed E-state index contributed by atoms with van der Waals surface area (Å²) in [6.45, 7) is 0.750. The van der Waals surface area contributed by atoms with Crippen molar-refractivity contribution in [3.8, 4) is 0 Å². The van der Waals surface area contributed by atoms with E-state index in [1.54, 1.807) is 29.2 Å². The summed E-state index contributed by atoms with van der Waals surface area (Å²) in [5, 5.41) is 10.1. The summed E-state index contributed by atoms with van der Waals surface area (Å²) in [4.78, 5) is 23.5. The molecule has 0 radical (unpaired) electrons. The van der Waals surface area contributed by atoms with Crippen molar-refractivity contribution < 1.29 is 4.79 Å². The highest BCUT2D eigenvalue weighted by Crippen LogP contribution is 2.34. The molecular formula is C19H20N6OS. The summed E-state index contributed by atoms with van der Waals surface area (Å²) < 4.78 is 1.74. The minimum atomic E-state index is 0.00550. The third-order valence-corrected chi connectivity index (χ3v) is 5.33. The maximum Gasteiger partial charge on any atom is 0.247 e. The molecule has 1 aliphatic heterocycles. The number of pyridine rings is 1. The molecule has 27 heavy (non-hydrogen) atoms. The number of carbonyl (C=O) groups is 1. The first-order chi connectivity index (χ1) is 13.2. The van der Waals surface area contributed by atoms with Gasteiger partial charge in [0.2, 0.25) is 5.91 Å². The standard InChI is InChI=1S/C19H20N6OS/c1-24-14(9-11-21-24)7-8-18(26)25-12-4-5-16(25)15-13-27-19(22-15)23-17-6-2-3-10-20-17/h2-3,6-11,13,16H,4-5,12H2,1H3,(H,20,22,23)/b8-7+. The monoisotopic (exact) mass is 380 g/mol. The summed E-state index contributed by atoms with van der Waals surface area (Å²) in [6.07, 6.45) is 8.79. The second-order valence-corrected chi connectivity index (χ2v) is 7.18. The van der Waals surface area contributed by atoms with Crippen molar-refractivity contribution in [2.45, 2.75) is 18.9 Å². The lowest BCUT2D eigenvalue weighted by Crippen LogP contribution is -2.29. The number of nitrogens with zero attached hydrogens (tertiary/aromatic N) is 5. The fourth-order valence-corrected chi connectivity index (χ4v) is 3.94. The van der Waals surface area contributed by atoms with Crippen molar-refractivity contribution in [3.63, 3.8) is 0 Å². The molecule has 1 N–H and O–H groups in total. The van der Waals surface area contributed by atoms with Crippen LogP contribution in [0.25, 0.3) is 6.08 Å². The Hall–Kier alpha value is -3.00. The van der Waals surface area contributed by atoms with E-state index in [2.05, 4.69) is 20.4 Å². The summed E-state index contributed by atoms with van der Waals surface area (Å²) in [6, 6.07) is 7.59. The first-order valence-corrected chi connectivity index (χ1v) is 9.69. The van der Waals surface area contributed by atoms with Crippen LogP contribution in [0.4, 0.5) is 10.9 Å². The smallest absolute Gasteiger partial charge is 0.247 e. The average molecular weight is 380 g/mol. The molecule has 1 unspecified atom stereocenters.